The lowest BCUT2D eigenvalue weighted by Crippen LogP contribution is -2.38. The number of nitrogens with one attached hydrogen (secondary N) is 1. The smallest absolute Gasteiger partial charge is 0.323 e. The van der Waals surface area contributed by atoms with Gasteiger partial charge in [-0.3, -0.25) is 19.7 Å². The summed E-state index contributed by atoms with van der Waals surface area (Å²) in [5.41, 5.74) is 0.756. The Morgan fingerprint density at radius 2 is 1.92 bits per heavy atom. The zero-order valence-electron chi connectivity index (χ0n) is 13.9. The van der Waals surface area contributed by atoms with E-state index in [1.165, 1.54) is 17.0 Å². The molecule has 0 heterocycles. The topological polar surface area (TPSA) is 113 Å². The van der Waals surface area contributed by atoms with Crippen LogP contribution in [0.3, 0.4) is 0 Å². The van der Waals surface area contributed by atoms with Gasteiger partial charge in [0.15, 0.2) is 0 Å². The van der Waals surface area contributed by atoms with E-state index in [1.54, 1.807) is 12.1 Å². The number of non-ortho nitro benzene ring substituents is 1. The minimum atomic E-state index is -1.02. The van der Waals surface area contributed by atoms with E-state index < -0.39 is 10.9 Å². The fourth-order valence-corrected chi connectivity index (χ4v) is 2.19. The second-order valence-corrected chi connectivity index (χ2v) is 5.90. The largest absolute Gasteiger partial charge is 0.480 e. The zero-order valence-corrected chi connectivity index (χ0v) is 13.9. The molecule has 132 valence electrons. The molecule has 0 saturated carbocycles. The second kappa shape index (κ2) is 9.49. The second-order valence-electron chi connectivity index (χ2n) is 5.90. The van der Waals surface area contributed by atoms with Crippen molar-refractivity contribution in [2.45, 2.75) is 26.7 Å². The number of nitro groups is 1. The van der Waals surface area contributed by atoms with Crippen LogP contribution in [-0.2, 0) is 9.59 Å². The van der Waals surface area contributed by atoms with Crippen LogP contribution >= 0.6 is 0 Å². The molecule has 0 spiro atoms. The van der Waals surface area contributed by atoms with Gasteiger partial charge in [0, 0.05) is 37.3 Å². The van der Waals surface area contributed by atoms with Crippen LogP contribution in [0.25, 0.3) is 0 Å². The first kappa shape index (κ1) is 19.4. The zero-order chi connectivity index (χ0) is 18.1. The highest BCUT2D eigenvalue weighted by atomic mass is 16.6. The maximum absolute atomic E-state index is 12.1. The van der Waals surface area contributed by atoms with E-state index in [0.717, 1.165) is 5.69 Å². The highest BCUT2D eigenvalue weighted by Crippen LogP contribution is 2.15. The highest BCUT2D eigenvalue weighted by molar-refractivity contribution is 5.81. The van der Waals surface area contributed by atoms with Gasteiger partial charge in [0.25, 0.3) is 5.69 Å². The summed E-state index contributed by atoms with van der Waals surface area (Å²) in [4.78, 5) is 34.4. The third-order valence-electron chi connectivity index (χ3n) is 3.24. The van der Waals surface area contributed by atoms with E-state index in [9.17, 15) is 19.7 Å². The monoisotopic (exact) mass is 337 g/mol. The Hall–Kier alpha value is -2.64. The first-order chi connectivity index (χ1) is 11.3. The minimum absolute atomic E-state index is 0.0220. The molecule has 8 nitrogen and oxygen atoms in total. The van der Waals surface area contributed by atoms with Crippen molar-refractivity contribution in [3.8, 4) is 0 Å². The molecule has 0 bridgehead atoms. The van der Waals surface area contributed by atoms with E-state index in [4.69, 9.17) is 5.11 Å². The predicted molar refractivity (Wildman–Crippen MR) is 89.9 cm³/mol. The van der Waals surface area contributed by atoms with E-state index in [0.29, 0.717) is 19.5 Å². The average molecular weight is 337 g/mol. The number of anilines is 1. The molecule has 0 fully saturated rings. The molecule has 0 atom stereocenters. The van der Waals surface area contributed by atoms with Gasteiger partial charge in [-0.25, -0.2) is 0 Å². The first-order valence-electron chi connectivity index (χ1n) is 7.77. The van der Waals surface area contributed by atoms with Gasteiger partial charge in [-0.15, -0.1) is 0 Å². The molecule has 1 amide bonds. The van der Waals surface area contributed by atoms with Crippen molar-refractivity contribution in [2.24, 2.45) is 5.92 Å². The van der Waals surface area contributed by atoms with Gasteiger partial charge >= 0.3 is 5.97 Å². The molecular formula is C16H23N3O5. The molecule has 8 heteroatoms. The number of amides is 1. The Morgan fingerprint density at radius 3 is 2.42 bits per heavy atom. The summed E-state index contributed by atoms with van der Waals surface area (Å²) in [5, 5.41) is 22.5. The van der Waals surface area contributed by atoms with Crippen molar-refractivity contribution in [3.63, 3.8) is 0 Å². The molecule has 0 aliphatic carbocycles. The van der Waals surface area contributed by atoms with Gasteiger partial charge in [-0.1, -0.05) is 13.8 Å². The number of nitrogens with zero attached hydrogens (tertiary/aromatic N) is 2. The number of carboxylic acid groups (broad SMARTS) is 1. The summed E-state index contributed by atoms with van der Waals surface area (Å²) in [7, 11) is 0. The Kier molecular flexibility index (Phi) is 7.67. The quantitative estimate of drug-likeness (QED) is 0.385. The van der Waals surface area contributed by atoms with Crippen LogP contribution < -0.4 is 5.32 Å². The van der Waals surface area contributed by atoms with Gasteiger partial charge in [-0.05, 0) is 24.5 Å². The van der Waals surface area contributed by atoms with Crippen LogP contribution in [0, 0.1) is 16.0 Å². The molecule has 0 radical (unpaired) electrons. The number of hydrogen-bond donors (Lipinski definition) is 2. The molecule has 0 unspecified atom stereocenters. The lowest BCUT2D eigenvalue weighted by atomic mass is 10.2. The predicted octanol–water partition coefficient (Wildman–Crippen LogP) is 2.36. The standard InChI is InChI=1S/C16H23N3O5/c1-12(2)10-18(11-16(21)22)15(20)4-3-9-17-13-5-7-14(8-6-13)19(23)24/h5-8,12,17H,3-4,9-11H2,1-2H3,(H,21,22). The van der Waals surface area contributed by atoms with Crippen molar-refractivity contribution in [1.29, 1.82) is 0 Å². The highest BCUT2D eigenvalue weighted by Gasteiger charge is 2.17. The number of hydrogen-bond acceptors (Lipinski definition) is 5. The molecule has 1 rings (SSSR count). The molecule has 0 aliphatic rings. The SMILES string of the molecule is CC(C)CN(CC(=O)O)C(=O)CCCNc1ccc([N+](=O)[O-])cc1. The average Bonchev–Trinajstić information content (AvgIpc) is 2.50. The summed E-state index contributed by atoms with van der Waals surface area (Å²) in [5.74, 6) is -1.00. The third kappa shape index (κ3) is 7.08. The van der Waals surface area contributed by atoms with Gasteiger partial charge in [0.2, 0.25) is 5.91 Å². The number of benzene rings is 1. The maximum atomic E-state index is 12.1. The van der Waals surface area contributed by atoms with Gasteiger partial charge in [-0.2, -0.15) is 0 Å². The van der Waals surface area contributed by atoms with Crippen molar-refractivity contribution >= 4 is 23.3 Å². The van der Waals surface area contributed by atoms with Crippen molar-refractivity contribution in [1.82, 2.24) is 4.90 Å². The first-order valence-corrected chi connectivity index (χ1v) is 7.77. The summed E-state index contributed by atoms with van der Waals surface area (Å²) in [6.07, 6.45) is 0.796. The minimum Gasteiger partial charge on any atom is -0.480 e. The summed E-state index contributed by atoms with van der Waals surface area (Å²) in [6, 6.07) is 6.03. The van der Waals surface area contributed by atoms with Gasteiger partial charge in [0.1, 0.15) is 6.54 Å². The maximum Gasteiger partial charge on any atom is 0.323 e. The van der Waals surface area contributed by atoms with Crippen LogP contribution in [0.1, 0.15) is 26.7 Å². The number of carboxylic acids is 1. The summed E-state index contributed by atoms with van der Waals surface area (Å²) in [6.45, 7) is 4.51. The van der Waals surface area contributed by atoms with Gasteiger partial charge < -0.3 is 15.3 Å². The van der Waals surface area contributed by atoms with Crippen LogP contribution in [0.5, 0.6) is 0 Å². The fourth-order valence-electron chi connectivity index (χ4n) is 2.19. The molecule has 0 aliphatic heterocycles. The summed E-state index contributed by atoms with van der Waals surface area (Å²) >= 11 is 0. The Labute approximate surface area is 140 Å². The van der Waals surface area contributed by atoms with E-state index >= 15 is 0 Å². The van der Waals surface area contributed by atoms with Crippen molar-refractivity contribution in [3.05, 3.63) is 34.4 Å². The molecule has 0 saturated heterocycles. The third-order valence-corrected chi connectivity index (χ3v) is 3.24. The lowest BCUT2D eigenvalue weighted by Gasteiger charge is -2.22. The van der Waals surface area contributed by atoms with E-state index in [-0.39, 0.29) is 30.5 Å². The Morgan fingerprint density at radius 1 is 1.29 bits per heavy atom. The van der Waals surface area contributed by atoms with Crippen LogP contribution in [-0.4, -0.2) is 46.4 Å². The molecular weight excluding hydrogens is 314 g/mol. The van der Waals surface area contributed by atoms with Crippen LogP contribution in [0.15, 0.2) is 24.3 Å². The number of nitro benzene ring substituents is 1. The van der Waals surface area contributed by atoms with Crippen molar-refractivity contribution in [2.75, 3.05) is 25.0 Å². The Balaban J connectivity index is 2.40. The van der Waals surface area contributed by atoms with E-state index in [1.807, 2.05) is 13.8 Å². The Bertz CT molecular complexity index is 572. The van der Waals surface area contributed by atoms with Crippen molar-refractivity contribution < 1.29 is 19.6 Å². The molecule has 1 aromatic carbocycles. The van der Waals surface area contributed by atoms with Crippen LogP contribution in [0.4, 0.5) is 11.4 Å². The number of carbonyl (C=O) groups excluding carboxylic acids is 1. The van der Waals surface area contributed by atoms with Crippen LogP contribution in [0.2, 0.25) is 0 Å². The van der Waals surface area contributed by atoms with Gasteiger partial charge in [0.05, 0.1) is 4.92 Å². The fraction of sp³-hybridized carbons (Fsp3) is 0.500. The summed E-state index contributed by atoms with van der Waals surface area (Å²) < 4.78 is 0. The number of aliphatic carboxylic acids is 1. The molecule has 24 heavy (non-hydrogen) atoms. The normalized spacial score (nSPS) is 10.5. The number of rotatable bonds is 10. The lowest BCUT2D eigenvalue weighted by molar-refractivity contribution is -0.384. The number of carbonyl (C=O) groups is 2. The van der Waals surface area contributed by atoms with E-state index in [2.05, 4.69) is 5.32 Å². The molecule has 1 aromatic rings. The molecule has 0 aromatic heterocycles. The molecule has 2 N–H and O–H groups in total.